The lowest BCUT2D eigenvalue weighted by Gasteiger charge is -2.24. The Labute approximate surface area is 135 Å². The van der Waals surface area contributed by atoms with Crippen LogP contribution in [0, 0.1) is 0 Å². The molecule has 0 saturated carbocycles. The number of fused-ring (bicyclic) bond motifs is 2. The molecule has 0 amide bonds. The van der Waals surface area contributed by atoms with Gasteiger partial charge >= 0.3 is 0 Å². The summed E-state index contributed by atoms with van der Waals surface area (Å²) in [5.41, 5.74) is 6.61. The fourth-order valence-electron chi connectivity index (χ4n) is 3.10. The van der Waals surface area contributed by atoms with Gasteiger partial charge in [0, 0.05) is 0 Å². The first-order valence-corrected chi connectivity index (χ1v) is 7.50. The molecule has 0 aromatic carbocycles. The van der Waals surface area contributed by atoms with Crippen molar-refractivity contribution in [3.05, 3.63) is 11.6 Å². The molecule has 0 bridgehead atoms. The van der Waals surface area contributed by atoms with Crippen LogP contribution < -0.4 is 5.73 Å². The van der Waals surface area contributed by atoms with Gasteiger partial charge in [-0.3, -0.25) is 4.57 Å². The van der Waals surface area contributed by atoms with Crippen LogP contribution in [0.15, 0.2) is 6.33 Å². The second kappa shape index (κ2) is 4.97. The normalized spacial score (nSPS) is 32.5. The van der Waals surface area contributed by atoms with Crippen molar-refractivity contribution in [2.75, 3.05) is 12.4 Å². The molecule has 124 valence electrons. The molecule has 4 atom stereocenters. The molecule has 2 aliphatic heterocycles. The van der Waals surface area contributed by atoms with Gasteiger partial charge in [-0.05, 0) is 25.4 Å². The van der Waals surface area contributed by atoms with Crippen LogP contribution >= 0.6 is 11.6 Å². The molecule has 8 nitrogen and oxygen atoms in total. The van der Waals surface area contributed by atoms with E-state index in [1.807, 2.05) is 0 Å². The number of anilines is 1. The molecule has 2 fully saturated rings. The van der Waals surface area contributed by atoms with Gasteiger partial charge < -0.3 is 19.9 Å². The van der Waals surface area contributed by atoms with Crippen molar-refractivity contribution >= 4 is 28.6 Å². The summed E-state index contributed by atoms with van der Waals surface area (Å²) >= 11 is 5.87. The molecule has 4 rings (SSSR count). The van der Waals surface area contributed by atoms with E-state index in [2.05, 4.69) is 15.0 Å². The summed E-state index contributed by atoms with van der Waals surface area (Å²) in [4.78, 5) is 12.2. The van der Waals surface area contributed by atoms with Crippen molar-refractivity contribution in [2.45, 2.75) is 44.2 Å². The van der Waals surface area contributed by atoms with E-state index in [1.165, 1.54) is 6.33 Å². The molecule has 10 heteroatoms. The Balaban J connectivity index is 1.79. The van der Waals surface area contributed by atoms with Crippen LogP contribution in [0.1, 0.15) is 20.1 Å². The first-order chi connectivity index (χ1) is 10.9. The highest BCUT2D eigenvalue weighted by molar-refractivity contribution is 6.28. The van der Waals surface area contributed by atoms with Gasteiger partial charge in [-0.2, -0.15) is 9.97 Å². The van der Waals surface area contributed by atoms with Crippen LogP contribution in [0.3, 0.4) is 0 Å². The molecule has 23 heavy (non-hydrogen) atoms. The molecule has 2 N–H and O–H groups in total. The fraction of sp³-hybridized carbons (Fsp3) is 0.615. The Bertz CT molecular complexity index is 769. The molecule has 4 heterocycles. The lowest BCUT2D eigenvalue weighted by Crippen LogP contribution is -2.30. The highest BCUT2D eigenvalue weighted by atomic mass is 35.5. The van der Waals surface area contributed by atoms with Gasteiger partial charge in [-0.15, -0.1) is 0 Å². The first-order valence-electron chi connectivity index (χ1n) is 7.12. The number of nitrogens with zero attached hydrogens (tertiary/aromatic N) is 4. The van der Waals surface area contributed by atoms with E-state index in [0.717, 1.165) is 0 Å². The predicted molar refractivity (Wildman–Crippen MR) is 78.5 cm³/mol. The van der Waals surface area contributed by atoms with E-state index in [-0.39, 0.29) is 11.1 Å². The number of alkyl halides is 1. The zero-order chi connectivity index (χ0) is 16.4. The number of aromatic nitrogens is 4. The standard InChI is InChI=1S/C13H15ClFN5O3/c1-13(2)22-7-5(3-15)21-11(8(7)23-13)20-4-17-6-9(16)18-12(14)19-10(6)20/h4-5,7-8,11H,3H2,1-2H3,(H2,16,18,19)/t5-,7-,8-,11-/m1/s1. The maximum atomic E-state index is 13.3. The Hall–Kier alpha value is -1.55. The monoisotopic (exact) mass is 343 g/mol. The zero-order valence-electron chi connectivity index (χ0n) is 12.4. The number of nitrogen functional groups attached to an aromatic ring is 1. The van der Waals surface area contributed by atoms with E-state index in [9.17, 15) is 4.39 Å². The van der Waals surface area contributed by atoms with Gasteiger partial charge in [0.2, 0.25) is 5.28 Å². The molecular formula is C13H15ClFN5O3. The summed E-state index contributed by atoms with van der Waals surface area (Å²) in [6, 6.07) is 0. The van der Waals surface area contributed by atoms with Crippen LogP contribution in [0.5, 0.6) is 0 Å². The summed E-state index contributed by atoms with van der Waals surface area (Å²) < 4.78 is 32.3. The lowest BCUT2D eigenvalue weighted by atomic mass is 10.1. The highest BCUT2D eigenvalue weighted by Crippen LogP contribution is 2.43. The van der Waals surface area contributed by atoms with Gasteiger partial charge in [0.1, 0.15) is 30.5 Å². The van der Waals surface area contributed by atoms with Crippen molar-refractivity contribution in [3.63, 3.8) is 0 Å². The maximum absolute atomic E-state index is 13.3. The minimum absolute atomic E-state index is 0.00254. The van der Waals surface area contributed by atoms with Gasteiger partial charge in [-0.1, -0.05) is 0 Å². The van der Waals surface area contributed by atoms with Gasteiger partial charge in [0.05, 0.1) is 6.33 Å². The van der Waals surface area contributed by atoms with E-state index in [4.69, 9.17) is 31.5 Å². The Morgan fingerprint density at radius 1 is 1.35 bits per heavy atom. The van der Waals surface area contributed by atoms with E-state index in [1.54, 1.807) is 18.4 Å². The van der Waals surface area contributed by atoms with Crippen molar-refractivity contribution in [3.8, 4) is 0 Å². The summed E-state index contributed by atoms with van der Waals surface area (Å²) in [6.45, 7) is 2.88. The van der Waals surface area contributed by atoms with E-state index >= 15 is 0 Å². The van der Waals surface area contributed by atoms with Crippen molar-refractivity contribution in [1.82, 2.24) is 19.5 Å². The van der Waals surface area contributed by atoms with Crippen molar-refractivity contribution in [1.29, 1.82) is 0 Å². The molecular weight excluding hydrogens is 329 g/mol. The van der Waals surface area contributed by atoms with Gasteiger partial charge in [0.25, 0.3) is 0 Å². The minimum Gasteiger partial charge on any atom is -0.382 e. The van der Waals surface area contributed by atoms with Crippen molar-refractivity contribution in [2.24, 2.45) is 0 Å². The maximum Gasteiger partial charge on any atom is 0.226 e. The van der Waals surface area contributed by atoms with Gasteiger partial charge in [-0.25, -0.2) is 9.37 Å². The number of halogens is 2. The number of nitrogens with two attached hydrogens (primary N) is 1. The van der Waals surface area contributed by atoms with Gasteiger partial charge in [0.15, 0.2) is 23.5 Å². The van der Waals surface area contributed by atoms with E-state index < -0.39 is 37.0 Å². The average molecular weight is 344 g/mol. The molecule has 0 radical (unpaired) electrons. The summed E-state index contributed by atoms with van der Waals surface area (Å²) in [5.74, 6) is -0.647. The SMILES string of the molecule is CC1(C)O[C@@H]2[C@H](O1)[C@@H](CF)O[C@H]2n1cnc2c(N)nc(Cl)nc21. The Morgan fingerprint density at radius 2 is 2.09 bits per heavy atom. The quantitative estimate of drug-likeness (QED) is 0.824. The fourth-order valence-corrected chi connectivity index (χ4v) is 3.28. The number of ether oxygens (including phenoxy) is 3. The van der Waals surface area contributed by atoms with Crippen LogP contribution in [0.2, 0.25) is 5.28 Å². The molecule has 0 aliphatic carbocycles. The third kappa shape index (κ3) is 2.26. The number of hydrogen-bond acceptors (Lipinski definition) is 7. The number of hydrogen-bond donors (Lipinski definition) is 1. The third-order valence-corrected chi connectivity index (χ3v) is 4.14. The summed E-state index contributed by atoms with van der Waals surface area (Å²) in [7, 11) is 0. The minimum atomic E-state index is -0.813. The number of imidazole rings is 1. The second-order valence-electron chi connectivity index (χ2n) is 5.99. The third-order valence-electron chi connectivity index (χ3n) is 3.97. The second-order valence-corrected chi connectivity index (χ2v) is 6.32. The lowest BCUT2D eigenvalue weighted by molar-refractivity contribution is -0.197. The summed E-state index contributed by atoms with van der Waals surface area (Å²) in [5, 5.41) is -0.00254. The average Bonchev–Trinajstić information content (AvgIpc) is 3.09. The van der Waals surface area contributed by atoms with Crippen LogP contribution in [0.4, 0.5) is 10.2 Å². The van der Waals surface area contributed by atoms with Crippen LogP contribution in [-0.4, -0.2) is 50.3 Å². The Morgan fingerprint density at radius 3 is 2.83 bits per heavy atom. The highest BCUT2D eigenvalue weighted by Gasteiger charge is 2.56. The Kier molecular flexibility index (Phi) is 3.24. The molecule has 2 saturated heterocycles. The molecule has 2 aromatic rings. The molecule has 2 aliphatic rings. The van der Waals surface area contributed by atoms with E-state index in [0.29, 0.717) is 11.2 Å². The first kappa shape index (κ1) is 15.0. The molecule has 0 spiro atoms. The topological polar surface area (TPSA) is 97.3 Å². The summed E-state index contributed by atoms with van der Waals surface area (Å²) in [6.07, 6.45) is -0.856. The number of rotatable bonds is 2. The van der Waals surface area contributed by atoms with Crippen molar-refractivity contribution < 1.29 is 18.6 Å². The predicted octanol–water partition coefficient (Wildman–Crippen LogP) is 1.45. The zero-order valence-corrected chi connectivity index (χ0v) is 13.2. The largest absolute Gasteiger partial charge is 0.382 e. The smallest absolute Gasteiger partial charge is 0.226 e. The van der Waals surface area contributed by atoms with Crippen LogP contribution in [0.25, 0.3) is 11.2 Å². The van der Waals surface area contributed by atoms with Crippen LogP contribution in [-0.2, 0) is 14.2 Å². The molecule has 2 aromatic heterocycles. The molecule has 0 unspecified atom stereocenters.